The molecule has 0 bridgehead atoms. The Hall–Kier alpha value is -1.92. The number of hydrogen-bond acceptors (Lipinski definition) is 4. The number of anilines is 1. The molecule has 1 aromatic rings. The first-order chi connectivity index (χ1) is 12.0. The molecule has 136 valence electrons. The summed E-state index contributed by atoms with van der Waals surface area (Å²) in [6.45, 7) is 8.18. The van der Waals surface area contributed by atoms with Gasteiger partial charge in [0.25, 0.3) is 0 Å². The number of carbonyl (C=O) groups excluding carboxylic acids is 2. The van der Waals surface area contributed by atoms with E-state index >= 15 is 0 Å². The van der Waals surface area contributed by atoms with Gasteiger partial charge in [-0.25, -0.2) is 0 Å². The van der Waals surface area contributed by atoms with E-state index in [0.717, 1.165) is 55.8 Å². The van der Waals surface area contributed by atoms with Gasteiger partial charge in [0.1, 0.15) is 0 Å². The molecule has 6 nitrogen and oxygen atoms in total. The predicted molar refractivity (Wildman–Crippen MR) is 98.6 cm³/mol. The Labute approximate surface area is 149 Å². The van der Waals surface area contributed by atoms with E-state index in [1.54, 1.807) is 0 Å². The summed E-state index contributed by atoms with van der Waals surface area (Å²) in [6.07, 6.45) is 2.24. The van der Waals surface area contributed by atoms with E-state index in [2.05, 4.69) is 20.4 Å². The summed E-state index contributed by atoms with van der Waals surface area (Å²) in [7, 11) is 0. The maximum Gasteiger partial charge on any atom is 0.238 e. The topological polar surface area (TPSA) is 64.7 Å². The second-order valence-corrected chi connectivity index (χ2v) is 7.26. The van der Waals surface area contributed by atoms with Gasteiger partial charge in [-0.1, -0.05) is 12.1 Å². The first-order valence-corrected chi connectivity index (χ1v) is 9.11. The molecule has 0 aromatic heterocycles. The minimum absolute atomic E-state index is 0.0219. The Balaban J connectivity index is 1.40. The summed E-state index contributed by atoms with van der Waals surface area (Å²) in [6, 6.07) is 6.49. The molecule has 2 aliphatic rings. The predicted octanol–water partition coefficient (Wildman–Crippen LogP) is 1.14. The molecule has 1 saturated carbocycles. The van der Waals surface area contributed by atoms with Crippen molar-refractivity contribution in [3.63, 3.8) is 0 Å². The summed E-state index contributed by atoms with van der Waals surface area (Å²) in [4.78, 5) is 28.5. The summed E-state index contributed by atoms with van der Waals surface area (Å²) in [5.74, 6) is 0.150. The van der Waals surface area contributed by atoms with Crippen molar-refractivity contribution in [2.24, 2.45) is 0 Å². The highest BCUT2D eigenvalue weighted by atomic mass is 16.2. The zero-order chi connectivity index (χ0) is 17.8. The van der Waals surface area contributed by atoms with Gasteiger partial charge in [-0.2, -0.15) is 0 Å². The molecular weight excluding hydrogens is 316 g/mol. The van der Waals surface area contributed by atoms with Gasteiger partial charge >= 0.3 is 0 Å². The number of piperazine rings is 1. The summed E-state index contributed by atoms with van der Waals surface area (Å²) in [5, 5.41) is 6.04. The number of nitrogens with one attached hydrogen (secondary N) is 2. The van der Waals surface area contributed by atoms with Crippen molar-refractivity contribution in [1.82, 2.24) is 15.1 Å². The molecule has 25 heavy (non-hydrogen) atoms. The van der Waals surface area contributed by atoms with Gasteiger partial charge in [0.15, 0.2) is 0 Å². The minimum Gasteiger partial charge on any atom is -0.352 e. The lowest BCUT2D eigenvalue weighted by molar-refractivity contribution is -0.123. The van der Waals surface area contributed by atoms with E-state index in [4.69, 9.17) is 0 Å². The zero-order valence-corrected chi connectivity index (χ0v) is 15.2. The number of hydrogen-bond donors (Lipinski definition) is 2. The van der Waals surface area contributed by atoms with E-state index in [0.29, 0.717) is 19.1 Å². The Morgan fingerprint density at radius 3 is 2.20 bits per heavy atom. The van der Waals surface area contributed by atoms with Crippen LogP contribution in [0, 0.1) is 13.8 Å². The van der Waals surface area contributed by atoms with Crippen LogP contribution in [0.4, 0.5) is 5.69 Å². The maximum atomic E-state index is 12.3. The van der Waals surface area contributed by atoms with Crippen molar-refractivity contribution < 1.29 is 9.59 Å². The summed E-state index contributed by atoms with van der Waals surface area (Å²) < 4.78 is 0. The molecule has 1 aromatic carbocycles. The van der Waals surface area contributed by atoms with Crippen LogP contribution >= 0.6 is 0 Å². The number of aryl methyl sites for hydroxylation is 2. The van der Waals surface area contributed by atoms with E-state index in [-0.39, 0.29) is 11.8 Å². The lowest BCUT2D eigenvalue weighted by Crippen LogP contribution is -2.51. The van der Waals surface area contributed by atoms with Gasteiger partial charge in [0.05, 0.1) is 13.1 Å². The van der Waals surface area contributed by atoms with E-state index < -0.39 is 0 Å². The quantitative estimate of drug-likeness (QED) is 0.812. The molecule has 1 aliphatic carbocycles. The van der Waals surface area contributed by atoms with Crippen LogP contribution in [0.25, 0.3) is 0 Å². The third kappa shape index (κ3) is 5.54. The third-order valence-corrected chi connectivity index (χ3v) is 4.81. The molecule has 0 atom stereocenters. The largest absolute Gasteiger partial charge is 0.352 e. The number of rotatable bonds is 6. The van der Waals surface area contributed by atoms with Crippen molar-refractivity contribution in [3.8, 4) is 0 Å². The van der Waals surface area contributed by atoms with Crippen LogP contribution in [0.15, 0.2) is 18.2 Å². The van der Waals surface area contributed by atoms with Crippen LogP contribution in [0.5, 0.6) is 0 Å². The first kappa shape index (κ1) is 17.9. The molecule has 2 amide bonds. The summed E-state index contributed by atoms with van der Waals surface area (Å²) in [5.41, 5.74) is 3.10. The fourth-order valence-electron chi connectivity index (χ4n) is 3.07. The molecule has 2 fully saturated rings. The number of carbonyl (C=O) groups is 2. The lowest BCUT2D eigenvalue weighted by Gasteiger charge is -2.33. The van der Waals surface area contributed by atoms with Crippen molar-refractivity contribution in [1.29, 1.82) is 0 Å². The first-order valence-electron chi connectivity index (χ1n) is 9.11. The Morgan fingerprint density at radius 2 is 1.60 bits per heavy atom. The van der Waals surface area contributed by atoms with Gasteiger partial charge in [0.2, 0.25) is 11.8 Å². The van der Waals surface area contributed by atoms with Crippen LogP contribution in [-0.4, -0.2) is 66.9 Å². The Bertz CT molecular complexity index is 634. The molecule has 1 saturated heterocycles. The summed E-state index contributed by atoms with van der Waals surface area (Å²) >= 11 is 0. The minimum atomic E-state index is 0.0219. The second kappa shape index (κ2) is 7.97. The van der Waals surface area contributed by atoms with Gasteiger partial charge in [-0.15, -0.1) is 0 Å². The Kier molecular flexibility index (Phi) is 5.71. The fourth-order valence-corrected chi connectivity index (χ4v) is 3.07. The molecule has 3 rings (SSSR count). The monoisotopic (exact) mass is 344 g/mol. The average Bonchev–Trinajstić information content (AvgIpc) is 3.36. The number of nitrogens with zero attached hydrogens (tertiary/aromatic N) is 2. The lowest BCUT2D eigenvalue weighted by atomic mass is 10.1. The zero-order valence-electron chi connectivity index (χ0n) is 15.2. The highest BCUT2D eigenvalue weighted by Gasteiger charge is 2.25. The average molecular weight is 344 g/mol. The molecule has 0 spiro atoms. The van der Waals surface area contributed by atoms with Crippen molar-refractivity contribution >= 4 is 17.5 Å². The van der Waals surface area contributed by atoms with E-state index in [1.807, 2.05) is 32.0 Å². The highest BCUT2D eigenvalue weighted by Crippen LogP contribution is 2.18. The van der Waals surface area contributed by atoms with Crippen LogP contribution < -0.4 is 10.6 Å². The van der Waals surface area contributed by atoms with Crippen LogP contribution in [0.1, 0.15) is 24.0 Å². The van der Waals surface area contributed by atoms with Crippen LogP contribution in [-0.2, 0) is 9.59 Å². The molecule has 0 unspecified atom stereocenters. The standard InChI is InChI=1S/C19H28N4O2/c1-14-3-4-15(2)17(11-14)21-19(25)13-23-9-7-22(8-10-23)12-18(24)20-16-5-6-16/h3-4,11,16H,5-10,12-13H2,1-2H3,(H,20,24)(H,21,25). The van der Waals surface area contributed by atoms with Crippen molar-refractivity contribution in [2.75, 3.05) is 44.6 Å². The number of benzene rings is 1. The Morgan fingerprint density at radius 1 is 1.00 bits per heavy atom. The van der Waals surface area contributed by atoms with Gasteiger partial charge in [-0.3, -0.25) is 19.4 Å². The van der Waals surface area contributed by atoms with Crippen LogP contribution in [0.2, 0.25) is 0 Å². The smallest absolute Gasteiger partial charge is 0.238 e. The molecule has 1 heterocycles. The van der Waals surface area contributed by atoms with Crippen molar-refractivity contribution in [2.45, 2.75) is 32.7 Å². The highest BCUT2D eigenvalue weighted by molar-refractivity contribution is 5.93. The normalized spacial score (nSPS) is 18.8. The fraction of sp³-hybridized carbons (Fsp3) is 0.579. The van der Waals surface area contributed by atoms with Crippen LogP contribution in [0.3, 0.4) is 0 Å². The molecular formula is C19H28N4O2. The second-order valence-electron chi connectivity index (χ2n) is 7.26. The maximum absolute atomic E-state index is 12.3. The molecule has 2 N–H and O–H groups in total. The SMILES string of the molecule is Cc1ccc(C)c(NC(=O)CN2CCN(CC(=O)NC3CC3)CC2)c1. The van der Waals surface area contributed by atoms with E-state index in [1.165, 1.54) is 0 Å². The van der Waals surface area contributed by atoms with Gasteiger partial charge in [-0.05, 0) is 43.9 Å². The van der Waals surface area contributed by atoms with Gasteiger partial charge in [0, 0.05) is 37.9 Å². The van der Waals surface area contributed by atoms with Crippen molar-refractivity contribution in [3.05, 3.63) is 29.3 Å². The van der Waals surface area contributed by atoms with Gasteiger partial charge < -0.3 is 10.6 Å². The van der Waals surface area contributed by atoms with E-state index in [9.17, 15) is 9.59 Å². The molecule has 0 radical (unpaired) electrons. The number of amides is 2. The molecule has 6 heteroatoms. The molecule has 1 aliphatic heterocycles. The third-order valence-electron chi connectivity index (χ3n) is 4.81.